The Balaban J connectivity index is 1.50. The van der Waals surface area contributed by atoms with E-state index in [0.717, 1.165) is 50.1 Å². The molecule has 2 unspecified atom stereocenters. The third-order valence-corrected chi connectivity index (χ3v) is 6.01. The molecule has 0 aromatic heterocycles. The van der Waals surface area contributed by atoms with Crippen molar-refractivity contribution in [1.29, 1.82) is 0 Å². The molecular weight excluding hydrogens is 366 g/mol. The van der Waals surface area contributed by atoms with E-state index in [1.807, 2.05) is 18.2 Å². The number of ether oxygens (including phenoxy) is 2. The first kappa shape index (κ1) is 19.8. The summed E-state index contributed by atoms with van der Waals surface area (Å²) >= 11 is 0. The second kappa shape index (κ2) is 8.87. The monoisotopic (exact) mass is 395 g/mol. The van der Waals surface area contributed by atoms with Gasteiger partial charge in [-0.15, -0.1) is 0 Å². The van der Waals surface area contributed by atoms with Gasteiger partial charge in [-0.05, 0) is 68.1 Å². The highest BCUT2D eigenvalue weighted by molar-refractivity contribution is 6.04. The van der Waals surface area contributed by atoms with E-state index in [1.165, 1.54) is 0 Å². The van der Waals surface area contributed by atoms with Crippen molar-refractivity contribution in [3.8, 4) is 17.2 Å². The van der Waals surface area contributed by atoms with Gasteiger partial charge in [0.15, 0.2) is 5.78 Å². The van der Waals surface area contributed by atoms with Gasteiger partial charge in [0.1, 0.15) is 30.0 Å². The fourth-order valence-corrected chi connectivity index (χ4v) is 4.36. The summed E-state index contributed by atoms with van der Waals surface area (Å²) in [5.74, 6) is 1.83. The average molecular weight is 395 g/mol. The van der Waals surface area contributed by atoms with Crippen LogP contribution in [0.3, 0.4) is 0 Å². The Labute approximate surface area is 172 Å². The van der Waals surface area contributed by atoms with Crippen molar-refractivity contribution in [2.75, 3.05) is 19.7 Å². The quantitative estimate of drug-likeness (QED) is 0.763. The zero-order valence-electron chi connectivity index (χ0n) is 16.9. The van der Waals surface area contributed by atoms with E-state index in [9.17, 15) is 9.90 Å². The predicted molar refractivity (Wildman–Crippen MR) is 112 cm³/mol. The number of carbonyl (C=O) groups excluding carboxylic acids is 1. The average Bonchev–Trinajstić information content (AvgIpc) is 2.75. The van der Waals surface area contributed by atoms with Gasteiger partial charge in [0, 0.05) is 6.07 Å². The van der Waals surface area contributed by atoms with E-state index in [0.29, 0.717) is 23.8 Å². The summed E-state index contributed by atoms with van der Waals surface area (Å²) in [7, 11) is 0. The van der Waals surface area contributed by atoms with Crippen LogP contribution in [0.4, 0.5) is 0 Å². The highest BCUT2D eigenvalue weighted by Gasteiger charge is 2.31. The number of nitrogens with one attached hydrogen (secondary N) is 1. The van der Waals surface area contributed by atoms with Crippen molar-refractivity contribution in [2.45, 2.75) is 44.6 Å². The molecule has 1 fully saturated rings. The summed E-state index contributed by atoms with van der Waals surface area (Å²) < 4.78 is 12.3. The standard InChI is InChI=1S/C24H29NO4/c1-2-3-22(17-10-12-25-13-11-17)29-19-8-9-20-23(14-19)28-15-21(24(20)27)16-4-6-18(26)7-5-16/h4-9,14,17,21-22,25-26H,2-3,10-13,15H2,1H3. The first-order valence-corrected chi connectivity index (χ1v) is 10.6. The molecular formula is C24H29NO4. The minimum atomic E-state index is -0.350. The number of benzene rings is 2. The number of fused-ring (bicyclic) bond motifs is 1. The van der Waals surface area contributed by atoms with Gasteiger partial charge >= 0.3 is 0 Å². The summed E-state index contributed by atoms with van der Waals surface area (Å²) in [4.78, 5) is 13.0. The third-order valence-electron chi connectivity index (χ3n) is 6.01. The van der Waals surface area contributed by atoms with E-state index < -0.39 is 0 Å². The SMILES string of the molecule is CCCC(Oc1ccc2c(c1)OCC(c1ccc(O)cc1)C2=O)C1CCNCC1. The zero-order chi connectivity index (χ0) is 20.2. The largest absolute Gasteiger partial charge is 0.508 e. The van der Waals surface area contributed by atoms with Crippen molar-refractivity contribution < 1.29 is 19.4 Å². The number of hydrogen-bond acceptors (Lipinski definition) is 5. The van der Waals surface area contributed by atoms with Crippen LogP contribution in [0.15, 0.2) is 42.5 Å². The van der Waals surface area contributed by atoms with E-state index in [4.69, 9.17) is 9.47 Å². The van der Waals surface area contributed by atoms with Gasteiger partial charge < -0.3 is 19.9 Å². The van der Waals surface area contributed by atoms with Crippen LogP contribution in [-0.2, 0) is 0 Å². The number of aromatic hydroxyl groups is 1. The van der Waals surface area contributed by atoms with Gasteiger partial charge in [-0.1, -0.05) is 25.5 Å². The molecule has 29 heavy (non-hydrogen) atoms. The van der Waals surface area contributed by atoms with Crippen LogP contribution in [0.5, 0.6) is 17.2 Å². The maximum atomic E-state index is 13.0. The molecule has 0 saturated carbocycles. The first-order valence-electron chi connectivity index (χ1n) is 10.6. The Kier molecular flexibility index (Phi) is 6.05. The molecule has 0 spiro atoms. The summed E-state index contributed by atoms with van der Waals surface area (Å²) in [6, 6.07) is 12.3. The summed E-state index contributed by atoms with van der Waals surface area (Å²) in [5.41, 5.74) is 1.45. The van der Waals surface area contributed by atoms with Crippen LogP contribution >= 0.6 is 0 Å². The summed E-state index contributed by atoms with van der Waals surface area (Å²) in [6.45, 7) is 4.59. The Morgan fingerprint density at radius 1 is 1.17 bits per heavy atom. The summed E-state index contributed by atoms with van der Waals surface area (Å²) in [6.07, 6.45) is 4.59. The van der Waals surface area contributed by atoms with Gasteiger partial charge in [0.05, 0.1) is 11.5 Å². The van der Waals surface area contributed by atoms with E-state index in [-0.39, 0.29) is 23.6 Å². The summed E-state index contributed by atoms with van der Waals surface area (Å²) in [5, 5.41) is 12.9. The third kappa shape index (κ3) is 4.40. The lowest BCUT2D eigenvalue weighted by Crippen LogP contribution is -2.36. The van der Waals surface area contributed by atoms with Crippen molar-refractivity contribution in [3.05, 3.63) is 53.6 Å². The number of hydrogen-bond donors (Lipinski definition) is 2. The number of piperidine rings is 1. The van der Waals surface area contributed by atoms with Crippen molar-refractivity contribution in [2.24, 2.45) is 5.92 Å². The minimum Gasteiger partial charge on any atom is -0.508 e. The zero-order valence-corrected chi connectivity index (χ0v) is 16.9. The Morgan fingerprint density at radius 3 is 2.66 bits per heavy atom. The molecule has 0 bridgehead atoms. The molecule has 1 saturated heterocycles. The molecule has 2 atom stereocenters. The van der Waals surface area contributed by atoms with Crippen LogP contribution in [-0.4, -0.2) is 36.7 Å². The van der Waals surface area contributed by atoms with E-state index in [2.05, 4.69) is 12.2 Å². The van der Waals surface area contributed by atoms with Gasteiger partial charge in [-0.25, -0.2) is 0 Å². The second-order valence-electron chi connectivity index (χ2n) is 8.01. The van der Waals surface area contributed by atoms with Gasteiger partial charge in [0.2, 0.25) is 0 Å². The van der Waals surface area contributed by atoms with Crippen molar-refractivity contribution in [3.63, 3.8) is 0 Å². The molecule has 2 N–H and O–H groups in total. The number of rotatable bonds is 6. The number of phenols is 1. The molecule has 0 radical (unpaired) electrons. The molecule has 154 valence electrons. The van der Waals surface area contributed by atoms with Crippen LogP contribution in [0.1, 0.15) is 54.4 Å². The number of carbonyl (C=O) groups is 1. The normalized spacial score (nSPS) is 20.6. The fraction of sp³-hybridized carbons (Fsp3) is 0.458. The van der Waals surface area contributed by atoms with Crippen LogP contribution < -0.4 is 14.8 Å². The fourth-order valence-electron chi connectivity index (χ4n) is 4.36. The maximum absolute atomic E-state index is 13.0. The van der Waals surface area contributed by atoms with Crippen LogP contribution in [0.25, 0.3) is 0 Å². The molecule has 0 aliphatic carbocycles. The molecule has 2 aliphatic rings. The van der Waals surface area contributed by atoms with Gasteiger partial charge in [0.25, 0.3) is 0 Å². The van der Waals surface area contributed by atoms with Crippen LogP contribution in [0, 0.1) is 5.92 Å². The Bertz CT molecular complexity index is 842. The maximum Gasteiger partial charge on any atom is 0.177 e. The molecule has 5 heteroatoms. The topological polar surface area (TPSA) is 67.8 Å². The Morgan fingerprint density at radius 2 is 1.93 bits per heavy atom. The van der Waals surface area contributed by atoms with Crippen molar-refractivity contribution >= 4 is 5.78 Å². The van der Waals surface area contributed by atoms with Crippen molar-refractivity contribution in [1.82, 2.24) is 5.32 Å². The molecule has 2 heterocycles. The highest BCUT2D eigenvalue weighted by Crippen LogP contribution is 2.36. The number of Topliss-reactive ketones (excluding diaryl/α,β-unsaturated/α-hetero) is 1. The lowest BCUT2D eigenvalue weighted by Gasteiger charge is -2.31. The van der Waals surface area contributed by atoms with Crippen LogP contribution in [0.2, 0.25) is 0 Å². The molecule has 4 rings (SSSR count). The number of phenolic OH excluding ortho intramolecular Hbond substituents is 1. The first-order chi connectivity index (χ1) is 14.2. The van der Waals surface area contributed by atoms with E-state index >= 15 is 0 Å². The second-order valence-corrected chi connectivity index (χ2v) is 8.01. The lowest BCUT2D eigenvalue weighted by atomic mass is 9.88. The van der Waals surface area contributed by atoms with Gasteiger partial charge in [-0.3, -0.25) is 4.79 Å². The minimum absolute atomic E-state index is 0.0481. The molecule has 2 aromatic carbocycles. The highest BCUT2D eigenvalue weighted by atomic mass is 16.5. The molecule has 2 aromatic rings. The number of ketones is 1. The predicted octanol–water partition coefficient (Wildman–Crippen LogP) is 4.30. The molecule has 0 amide bonds. The molecule has 5 nitrogen and oxygen atoms in total. The lowest BCUT2D eigenvalue weighted by molar-refractivity contribution is 0.0891. The van der Waals surface area contributed by atoms with E-state index in [1.54, 1.807) is 24.3 Å². The molecule has 2 aliphatic heterocycles. The Hall–Kier alpha value is -2.53. The van der Waals surface area contributed by atoms with Gasteiger partial charge in [-0.2, -0.15) is 0 Å². The smallest absolute Gasteiger partial charge is 0.177 e.